The molecular weight excluding hydrogens is 853 g/mol. The third-order valence-electron chi connectivity index (χ3n) is 13.0. The van der Waals surface area contributed by atoms with E-state index in [1.807, 2.05) is 127 Å². The van der Waals surface area contributed by atoms with E-state index in [-0.39, 0.29) is 42.6 Å². The van der Waals surface area contributed by atoms with E-state index in [9.17, 15) is 14.4 Å². The number of rotatable bonds is 15. The molecule has 0 saturated carbocycles. The number of carbonyl (C=O) groups excluding carboxylic acids is 3. The summed E-state index contributed by atoms with van der Waals surface area (Å²) < 4.78 is 22.7. The Kier molecular flexibility index (Phi) is 17.3. The first-order valence-electron chi connectivity index (χ1n) is 25.0. The van der Waals surface area contributed by atoms with Crippen LogP contribution in [0.15, 0.2) is 127 Å². The van der Waals surface area contributed by atoms with Crippen molar-refractivity contribution in [2.45, 2.75) is 132 Å². The lowest BCUT2D eigenvalue weighted by molar-refractivity contribution is 0.0980. The van der Waals surface area contributed by atoms with Crippen LogP contribution in [0.4, 0.5) is 0 Å². The number of carbonyl (C=O) groups is 3. The van der Waals surface area contributed by atoms with Crippen LogP contribution >= 0.6 is 0 Å². The van der Waals surface area contributed by atoms with Gasteiger partial charge in [-0.1, -0.05) is 134 Å². The molecule has 0 amide bonds. The van der Waals surface area contributed by atoms with Crippen LogP contribution in [0, 0.1) is 0 Å². The van der Waals surface area contributed by atoms with Crippen LogP contribution in [0.2, 0.25) is 33.1 Å². The standard InChI is InChI=1S/2C20H23BO2.C19H21BO3/c1-14(2)23-18-8-6-17(7-9-18)20(22)13-15-4-5-16-10-11-21(3)19(16)12-15;1-14(2)23-20-7-5-4-6-17(20)19(22)13-15-8-9-16-10-11-21(3)18(16)12-15;1-13(2)23-17-6-4-5-15(11-17)19(21)10-14-7-8-16-12-22-20(3)18(16)9-14/h2*4-9,12,14H,10-11,13H2,1-3H3;4-9,11,13H,10,12H2,1-3H3. The highest BCUT2D eigenvalue weighted by molar-refractivity contribution is 6.74. The second-order valence-corrected chi connectivity index (χ2v) is 19.8. The first-order chi connectivity index (χ1) is 33.1. The summed E-state index contributed by atoms with van der Waals surface area (Å²) in [6, 6.07) is 41.6. The van der Waals surface area contributed by atoms with E-state index in [1.54, 1.807) is 0 Å². The molecular formula is C59H67B3O7. The summed E-state index contributed by atoms with van der Waals surface area (Å²) in [4.78, 5) is 37.8. The molecule has 354 valence electrons. The van der Waals surface area contributed by atoms with Gasteiger partial charge in [0, 0.05) is 30.4 Å². The number of ether oxygens (including phenoxy) is 3. The molecule has 0 aromatic heterocycles. The van der Waals surface area contributed by atoms with E-state index in [2.05, 4.69) is 62.2 Å². The second-order valence-electron chi connectivity index (χ2n) is 19.8. The van der Waals surface area contributed by atoms with Gasteiger partial charge < -0.3 is 18.9 Å². The molecule has 0 atom stereocenters. The quantitative estimate of drug-likeness (QED) is 0.0749. The van der Waals surface area contributed by atoms with E-state index in [0.29, 0.717) is 56.2 Å². The smallest absolute Gasteiger partial charge is 0.324 e. The highest BCUT2D eigenvalue weighted by atomic mass is 16.5. The van der Waals surface area contributed by atoms with Crippen LogP contribution in [0.5, 0.6) is 17.2 Å². The molecule has 0 unspecified atom stereocenters. The van der Waals surface area contributed by atoms with Crippen molar-refractivity contribution in [1.29, 1.82) is 0 Å². The van der Waals surface area contributed by atoms with Gasteiger partial charge in [-0.3, -0.25) is 14.4 Å². The number of aryl methyl sites for hydroxylation is 2. The molecule has 3 heterocycles. The Morgan fingerprint density at radius 1 is 0.493 bits per heavy atom. The molecule has 0 bridgehead atoms. The fraction of sp³-hybridized carbons (Fsp3) is 0.339. The van der Waals surface area contributed by atoms with Crippen LogP contribution in [0.25, 0.3) is 0 Å². The zero-order valence-electron chi connectivity index (χ0n) is 42.1. The predicted molar refractivity (Wildman–Crippen MR) is 286 cm³/mol. The summed E-state index contributed by atoms with van der Waals surface area (Å²) in [7, 11) is 0. The number of ketones is 3. The van der Waals surface area contributed by atoms with Crippen molar-refractivity contribution in [3.8, 4) is 17.2 Å². The lowest BCUT2D eigenvalue weighted by Gasteiger charge is -2.14. The maximum Gasteiger partial charge on any atom is 0.324 e. The third-order valence-corrected chi connectivity index (χ3v) is 13.0. The highest BCUT2D eigenvalue weighted by Crippen LogP contribution is 2.24. The maximum atomic E-state index is 12.7. The lowest BCUT2D eigenvalue weighted by atomic mass is 9.48. The molecule has 6 aromatic carbocycles. The first kappa shape index (κ1) is 50.8. The monoisotopic (exact) mass is 921 g/mol. The topological polar surface area (TPSA) is 88.1 Å². The van der Waals surface area contributed by atoms with Gasteiger partial charge >= 0.3 is 6.92 Å². The minimum Gasteiger partial charge on any atom is -0.491 e. The number of Topliss-reactive ketones (excluding diaryl/α,β-unsaturated/α-hetero) is 3. The molecule has 9 rings (SSSR count). The molecule has 0 spiro atoms. The molecule has 69 heavy (non-hydrogen) atoms. The van der Waals surface area contributed by atoms with E-state index in [0.717, 1.165) is 40.2 Å². The number of hydrogen-bond donors (Lipinski definition) is 0. The second kappa shape index (κ2) is 23.5. The van der Waals surface area contributed by atoms with E-state index >= 15 is 0 Å². The molecule has 10 heteroatoms. The summed E-state index contributed by atoms with van der Waals surface area (Å²) in [5.74, 6) is 2.61. The highest BCUT2D eigenvalue weighted by Gasteiger charge is 2.25. The van der Waals surface area contributed by atoms with Crippen molar-refractivity contribution in [1.82, 2.24) is 0 Å². The zero-order valence-corrected chi connectivity index (χ0v) is 42.1. The number of para-hydroxylation sites is 1. The summed E-state index contributed by atoms with van der Waals surface area (Å²) in [5, 5.41) is 0. The maximum absolute atomic E-state index is 12.7. The van der Waals surface area contributed by atoms with Crippen molar-refractivity contribution in [3.05, 3.63) is 177 Å². The summed E-state index contributed by atoms with van der Waals surface area (Å²) >= 11 is 0. The largest absolute Gasteiger partial charge is 0.491 e. The van der Waals surface area contributed by atoms with Crippen molar-refractivity contribution in [2.75, 3.05) is 0 Å². The van der Waals surface area contributed by atoms with Crippen LogP contribution in [0.1, 0.15) is 106 Å². The minimum atomic E-state index is 0.0600. The van der Waals surface area contributed by atoms with Crippen LogP contribution in [-0.2, 0) is 43.4 Å². The Morgan fingerprint density at radius 3 is 1.58 bits per heavy atom. The lowest BCUT2D eigenvalue weighted by Crippen LogP contribution is -2.24. The summed E-state index contributed by atoms with van der Waals surface area (Å²) in [6.45, 7) is 20.5. The Bertz CT molecular complexity index is 2740. The van der Waals surface area contributed by atoms with E-state index < -0.39 is 0 Å². The average Bonchev–Trinajstić information content (AvgIpc) is 4.01. The Morgan fingerprint density at radius 2 is 1.00 bits per heavy atom. The molecule has 6 aromatic rings. The fourth-order valence-corrected chi connectivity index (χ4v) is 9.42. The molecule has 0 aliphatic carbocycles. The summed E-state index contributed by atoms with van der Waals surface area (Å²) in [5.41, 5.74) is 13.5. The third kappa shape index (κ3) is 13.8. The van der Waals surface area contributed by atoms with Gasteiger partial charge in [-0.25, -0.2) is 0 Å². The number of hydrogen-bond acceptors (Lipinski definition) is 7. The summed E-state index contributed by atoms with van der Waals surface area (Å²) in [6.07, 6.45) is 6.36. The number of fused-ring (bicyclic) bond motifs is 3. The Balaban J connectivity index is 0.000000153. The molecule has 3 aliphatic heterocycles. The predicted octanol–water partition coefficient (Wildman–Crippen LogP) is 10.8. The van der Waals surface area contributed by atoms with Crippen molar-refractivity contribution in [2.24, 2.45) is 0 Å². The van der Waals surface area contributed by atoms with Crippen LogP contribution < -0.4 is 30.6 Å². The van der Waals surface area contributed by atoms with Gasteiger partial charge in [0.15, 0.2) is 30.8 Å². The first-order valence-corrected chi connectivity index (χ1v) is 25.0. The fourth-order valence-electron chi connectivity index (χ4n) is 9.42. The van der Waals surface area contributed by atoms with Crippen molar-refractivity contribution in [3.63, 3.8) is 0 Å². The van der Waals surface area contributed by atoms with Crippen LogP contribution in [-0.4, -0.2) is 56.0 Å². The van der Waals surface area contributed by atoms with Gasteiger partial charge in [-0.2, -0.15) is 0 Å². The Hall–Kier alpha value is -6.12. The van der Waals surface area contributed by atoms with E-state index in [1.165, 1.54) is 52.1 Å². The zero-order chi connectivity index (χ0) is 49.2. The SMILES string of the molecule is CB1CCc2ccc(CC(=O)c3ccc(OC(C)C)cc3)cc21.CB1CCc2ccc(CC(=O)c3ccccc3OC(C)C)cc21.CB1OCc2ccc(CC(=O)c3cccc(OC(C)C)c3)cc21. The molecule has 3 aliphatic rings. The van der Waals surface area contributed by atoms with Crippen molar-refractivity contribution < 1.29 is 33.2 Å². The minimum absolute atomic E-state index is 0.0600. The number of benzene rings is 6. The molecule has 0 saturated heterocycles. The van der Waals surface area contributed by atoms with Gasteiger partial charge in [0.1, 0.15) is 17.2 Å². The van der Waals surface area contributed by atoms with Crippen molar-refractivity contribution >= 4 is 54.1 Å². The van der Waals surface area contributed by atoms with E-state index in [4.69, 9.17) is 18.9 Å². The Labute approximate surface area is 412 Å². The molecule has 0 radical (unpaired) electrons. The average molecular weight is 921 g/mol. The van der Waals surface area contributed by atoms with Gasteiger partial charge in [0.05, 0.1) is 30.5 Å². The van der Waals surface area contributed by atoms with Gasteiger partial charge in [-0.05, 0) is 131 Å². The van der Waals surface area contributed by atoms with Crippen LogP contribution in [0.3, 0.4) is 0 Å². The van der Waals surface area contributed by atoms with Gasteiger partial charge in [0.2, 0.25) is 0 Å². The molecule has 0 N–H and O–H groups in total. The van der Waals surface area contributed by atoms with Gasteiger partial charge in [0.25, 0.3) is 0 Å². The molecule has 7 nitrogen and oxygen atoms in total. The van der Waals surface area contributed by atoms with Gasteiger partial charge in [-0.15, -0.1) is 0 Å². The normalized spacial score (nSPS) is 13.3. The molecule has 0 fully saturated rings.